The molecule has 1 aromatic heterocycles. The van der Waals surface area contributed by atoms with E-state index in [0.29, 0.717) is 12.3 Å². The number of rotatable bonds is 2. The third kappa shape index (κ3) is 2.14. The minimum Gasteiger partial charge on any atom is -0.480 e. The molecule has 0 radical (unpaired) electrons. The number of amides is 1. The van der Waals surface area contributed by atoms with E-state index in [4.69, 9.17) is 9.84 Å². The number of fused-ring (bicyclic) bond motifs is 1. The molecule has 0 bridgehead atoms. The molecule has 1 aromatic carbocycles. The molecule has 0 spiro atoms. The zero-order valence-electron chi connectivity index (χ0n) is 10.7. The van der Waals surface area contributed by atoms with Crippen LogP contribution in [0.25, 0.3) is 10.9 Å². The van der Waals surface area contributed by atoms with Crippen LogP contribution < -0.4 is 0 Å². The van der Waals surface area contributed by atoms with Gasteiger partial charge in [-0.05, 0) is 12.1 Å². The highest BCUT2D eigenvalue weighted by Crippen LogP contribution is 2.18. The van der Waals surface area contributed by atoms with Gasteiger partial charge in [0.1, 0.15) is 5.69 Å². The number of H-pyrrole nitrogens is 1. The van der Waals surface area contributed by atoms with Gasteiger partial charge >= 0.3 is 5.97 Å². The van der Waals surface area contributed by atoms with E-state index in [0.717, 1.165) is 10.9 Å². The van der Waals surface area contributed by atoms with Crippen molar-refractivity contribution in [1.29, 1.82) is 0 Å². The molecule has 6 heteroatoms. The van der Waals surface area contributed by atoms with Gasteiger partial charge in [-0.1, -0.05) is 18.2 Å². The average Bonchev–Trinajstić information content (AvgIpc) is 2.90. The van der Waals surface area contributed by atoms with E-state index in [2.05, 4.69) is 4.98 Å². The summed E-state index contributed by atoms with van der Waals surface area (Å²) >= 11 is 0. The number of aliphatic carboxylic acids is 1. The summed E-state index contributed by atoms with van der Waals surface area (Å²) in [6.07, 6.45) is 0. The number of carbonyl (C=O) groups excluding carboxylic acids is 1. The molecule has 1 fully saturated rings. The van der Waals surface area contributed by atoms with Crippen molar-refractivity contribution >= 4 is 22.8 Å². The first-order valence-corrected chi connectivity index (χ1v) is 6.36. The summed E-state index contributed by atoms with van der Waals surface area (Å²) in [5.41, 5.74) is 1.26. The molecule has 2 heterocycles. The largest absolute Gasteiger partial charge is 0.480 e. The Bertz CT molecular complexity index is 631. The van der Waals surface area contributed by atoms with Gasteiger partial charge in [-0.3, -0.25) is 4.79 Å². The number of nitrogens with one attached hydrogen (secondary N) is 1. The van der Waals surface area contributed by atoms with Crippen LogP contribution in [-0.4, -0.2) is 52.7 Å². The minimum absolute atomic E-state index is 0.0291. The maximum Gasteiger partial charge on any atom is 0.328 e. The van der Waals surface area contributed by atoms with Crippen LogP contribution in [0.5, 0.6) is 0 Å². The second-order valence-electron chi connectivity index (χ2n) is 4.70. The van der Waals surface area contributed by atoms with Gasteiger partial charge in [-0.2, -0.15) is 0 Å². The Morgan fingerprint density at radius 2 is 2.15 bits per heavy atom. The van der Waals surface area contributed by atoms with E-state index in [1.54, 1.807) is 6.07 Å². The number of carboxylic acids is 1. The van der Waals surface area contributed by atoms with Crippen LogP contribution in [0.4, 0.5) is 0 Å². The molecule has 104 valence electrons. The van der Waals surface area contributed by atoms with E-state index >= 15 is 0 Å². The Labute approximate surface area is 114 Å². The molecule has 1 amide bonds. The number of aromatic nitrogens is 1. The molecule has 6 nitrogen and oxygen atoms in total. The Balaban J connectivity index is 1.92. The zero-order valence-corrected chi connectivity index (χ0v) is 10.7. The lowest BCUT2D eigenvalue weighted by atomic mass is 10.2. The first-order valence-electron chi connectivity index (χ1n) is 6.36. The van der Waals surface area contributed by atoms with Gasteiger partial charge in [0.05, 0.1) is 13.2 Å². The smallest absolute Gasteiger partial charge is 0.328 e. The number of nitrogens with zero attached hydrogens (tertiary/aromatic N) is 1. The van der Waals surface area contributed by atoms with Crippen molar-refractivity contribution in [2.45, 2.75) is 6.04 Å². The molecule has 0 aliphatic carbocycles. The summed E-state index contributed by atoms with van der Waals surface area (Å²) < 4.78 is 5.13. The van der Waals surface area contributed by atoms with Crippen LogP contribution in [0.1, 0.15) is 10.5 Å². The van der Waals surface area contributed by atoms with Crippen LogP contribution in [0.2, 0.25) is 0 Å². The van der Waals surface area contributed by atoms with E-state index < -0.39 is 12.0 Å². The van der Waals surface area contributed by atoms with Crippen molar-refractivity contribution in [1.82, 2.24) is 9.88 Å². The molecule has 2 aromatic rings. The fourth-order valence-corrected chi connectivity index (χ4v) is 2.39. The first-order chi connectivity index (χ1) is 9.66. The third-order valence-corrected chi connectivity index (χ3v) is 3.43. The molecular formula is C14H14N2O4. The van der Waals surface area contributed by atoms with Gasteiger partial charge in [0.25, 0.3) is 5.91 Å². The number of ether oxygens (including phenoxy) is 1. The second-order valence-corrected chi connectivity index (χ2v) is 4.70. The van der Waals surface area contributed by atoms with Gasteiger partial charge in [0, 0.05) is 17.4 Å². The van der Waals surface area contributed by atoms with Gasteiger partial charge in [0.15, 0.2) is 6.04 Å². The van der Waals surface area contributed by atoms with Crippen molar-refractivity contribution in [2.24, 2.45) is 0 Å². The van der Waals surface area contributed by atoms with Crippen molar-refractivity contribution < 1.29 is 19.4 Å². The normalized spacial score (nSPS) is 19.2. The number of morpholine rings is 1. The maximum absolute atomic E-state index is 12.5. The fraction of sp³-hybridized carbons (Fsp3) is 0.286. The predicted molar refractivity (Wildman–Crippen MR) is 71.6 cm³/mol. The number of hydrogen-bond acceptors (Lipinski definition) is 3. The summed E-state index contributed by atoms with van der Waals surface area (Å²) in [5, 5.41) is 10.1. The monoisotopic (exact) mass is 274 g/mol. The lowest BCUT2D eigenvalue weighted by Crippen LogP contribution is -2.52. The fourth-order valence-electron chi connectivity index (χ4n) is 2.39. The van der Waals surface area contributed by atoms with Crippen molar-refractivity contribution in [2.75, 3.05) is 19.8 Å². The van der Waals surface area contributed by atoms with Gasteiger partial charge in [0.2, 0.25) is 0 Å². The predicted octanol–water partition coefficient (Wildman–Crippen LogP) is 1.09. The Hall–Kier alpha value is -2.34. The van der Waals surface area contributed by atoms with E-state index in [1.807, 2.05) is 24.3 Å². The number of para-hydroxylation sites is 1. The lowest BCUT2D eigenvalue weighted by molar-refractivity contribution is -0.147. The van der Waals surface area contributed by atoms with Crippen LogP contribution in [0, 0.1) is 0 Å². The Morgan fingerprint density at radius 3 is 2.90 bits per heavy atom. The van der Waals surface area contributed by atoms with E-state index in [-0.39, 0.29) is 19.1 Å². The highest BCUT2D eigenvalue weighted by Gasteiger charge is 2.33. The van der Waals surface area contributed by atoms with Crippen LogP contribution in [-0.2, 0) is 9.53 Å². The van der Waals surface area contributed by atoms with Gasteiger partial charge < -0.3 is 19.7 Å². The topological polar surface area (TPSA) is 82.6 Å². The molecule has 1 unspecified atom stereocenters. The zero-order chi connectivity index (χ0) is 14.1. The molecule has 20 heavy (non-hydrogen) atoms. The standard InChI is InChI=1S/C14H14N2O4/c17-13(16-5-6-20-8-12(16)14(18)19)11-7-9-3-1-2-4-10(9)15-11/h1-4,7,12,15H,5-6,8H2,(H,18,19). The number of benzene rings is 1. The quantitative estimate of drug-likeness (QED) is 0.859. The molecule has 2 N–H and O–H groups in total. The maximum atomic E-state index is 12.5. The number of carbonyl (C=O) groups is 2. The van der Waals surface area contributed by atoms with Crippen molar-refractivity contribution in [3.63, 3.8) is 0 Å². The number of hydrogen-bond donors (Lipinski definition) is 2. The average molecular weight is 274 g/mol. The molecular weight excluding hydrogens is 260 g/mol. The first kappa shape index (κ1) is 12.7. The van der Waals surface area contributed by atoms with Crippen molar-refractivity contribution in [3.05, 3.63) is 36.0 Å². The molecule has 1 aliphatic heterocycles. The summed E-state index contributed by atoms with van der Waals surface area (Å²) in [5.74, 6) is -1.36. The third-order valence-electron chi connectivity index (χ3n) is 3.43. The summed E-state index contributed by atoms with van der Waals surface area (Å²) in [6, 6.07) is 8.35. The molecule has 1 aliphatic rings. The molecule has 3 rings (SSSR count). The van der Waals surface area contributed by atoms with Crippen LogP contribution >= 0.6 is 0 Å². The highest BCUT2D eigenvalue weighted by molar-refractivity contribution is 5.99. The van der Waals surface area contributed by atoms with Gasteiger partial charge in [-0.25, -0.2) is 4.79 Å². The second kappa shape index (κ2) is 4.97. The van der Waals surface area contributed by atoms with Gasteiger partial charge in [-0.15, -0.1) is 0 Å². The highest BCUT2D eigenvalue weighted by atomic mass is 16.5. The lowest BCUT2D eigenvalue weighted by Gasteiger charge is -2.32. The Kier molecular flexibility index (Phi) is 3.15. The molecule has 1 atom stereocenters. The number of aromatic amines is 1. The van der Waals surface area contributed by atoms with Crippen LogP contribution in [0.3, 0.4) is 0 Å². The summed E-state index contributed by atoms with van der Waals surface area (Å²) in [7, 11) is 0. The Morgan fingerprint density at radius 1 is 1.35 bits per heavy atom. The molecule has 1 saturated heterocycles. The summed E-state index contributed by atoms with van der Waals surface area (Å²) in [6.45, 7) is 0.669. The minimum atomic E-state index is -1.05. The molecule has 0 saturated carbocycles. The number of carboxylic acid groups (broad SMARTS) is 1. The van der Waals surface area contributed by atoms with E-state index in [9.17, 15) is 9.59 Å². The van der Waals surface area contributed by atoms with Crippen molar-refractivity contribution in [3.8, 4) is 0 Å². The van der Waals surface area contributed by atoms with E-state index in [1.165, 1.54) is 4.90 Å². The SMILES string of the molecule is O=C(O)C1COCCN1C(=O)c1cc2ccccc2[nH]1. The van der Waals surface area contributed by atoms with Crippen LogP contribution in [0.15, 0.2) is 30.3 Å². The summed E-state index contributed by atoms with van der Waals surface area (Å²) in [4.78, 5) is 28.0.